The van der Waals surface area contributed by atoms with E-state index in [-0.39, 0.29) is 10.8 Å². The number of rotatable bonds is 24. The Kier molecular flexibility index (Phi) is 24.8. The van der Waals surface area contributed by atoms with Crippen molar-refractivity contribution in [1.29, 1.82) is 0 Å². The summed E-state index contributed by atoms with van der Waals surface area (Å²) in [4.78, 5) is 26.0. The van der Waals surface area contributed by atoms with E-state index < -0.39 is 11.9 Å². The van der Waals surface area contributed by atoms with E-state index in [2.05, 4.69) is 155 Å². The molecule has 0 spiro atoms. The summed E-state index contributed by atoms with van der Waals surface area (Å²) < 4.78 is 24.4. The molecule has 8 aliphatic carbocycles. The third-order valence-corrected chi connectivity index (χ3v) is 33.3. The van der Waals surface area contributed by atoms with Gasteiger partial charge in [-0.25, -0.2) is 9.59 Å². The summed E-state index contributed by atoms with van der Waals surface area (Å²) in [7, 11) is 0. The molecule has 8 fully saturated rings. The number of carbonyl (C=O) groups is 2. The highest BCUT2D eigenvalue weighted by molar-refractivity contribution is 5.92. The van der Waals surface area contributed by atoms with Gasteiger partial charge in [-0.2, -0.15) is 0 Å². The SMILES string of the molecule is CC(C)CCCC(C)C1CCC2C3CCC4CC(c5ccc(OC(=O)c6ccc(N)cc6)cc5)(c5ccc(OC(=O)c6ccc(N)cc6)cc5)CCC4(C)C3CCC12C.Cc1cc(C2(c3ccc(OCc4ccc(N)cc4)cc3)CCC3(C)C(CCC4C3CCC3(C)C(C(C)CCCC(C)C)CCC43)C2)ccc1OCc1ccc(N)cc1. The summed E-state index contributed by atoms with van der Waals surface area (Å²) >= 11 is 0. The van der Waals surface area contributed by atoms with Gasteiger partial charge in [0.15, 0.2) is 0 Å². The Labute approximate surface area is 701 Å². The molecule has 16 rings (SSSR count). The number of hydrogen-bond acceptors (Lipinski definition) is 10. The number of benzene rings is 8. The Morgan fingerprint density at radius 2 is 0.726 bits per heavy atom. The number of anilines is 4. The summed E-state index contributed by atoms with van der Waals surface area (Å²) in [5.41, 5.74) is 37.5. The van der Waals surface area contributed by atoms with Gasteiger partial charge >= 0.3 is 11.9 Å². The maximum atomic E-state index is 13.0. The first-order valence-electron chi connectivity index (χ1n) is 45.7. The largest absolute Gasteiger partial charge is 0.489 e. The average molecular weight is 1580 g/mol. The number of nitrogen functional groups attached to an aromatic ring is 4. The van der Waals surface area contributed by atoms with E-state index in [1.165, 1.54) is 169 Å². The Balaban J connectivity index is 0.000000183. The molecule has 0 amide bonds. The molecule has 117 heavy (non-hydrogen) atoms. The molecule has 8 aliphatic rings. The number of fused-ring (bicyclic) bond motifs is 10. The van der Waals surface area contributed by atoms with Gasteiger partial charge in [0.05, 0.1) is 11.1 Å². The fourth-order valence-electron chi connectivity index (χ4n) is 26.8. The van der Waals surface area contributed by atoms with E-state index in [0.717, 1.165) is 118 Å². The first kappa shape index (κ1) is 83.6. The number of ether oxygens (including phenoxy) is 4. The van der Waals surface area contributed by atoms with Crippen molar-refractivity contribution < 1.29 is 28.5 Å². The van der Waals surface area contributed by atoms with Gasteiger partial charge in [-0.05, 0) is 381 Å². The Bertz CT molecular complexity index is 4570. The van der Waals surface area contributed by atoms with Gasteiger partial charge in [0.2, 0.25) is 0 Å². The van der Waals surface area contributed by atoms with Crippen LogP contribution in [0.1, 0.15) is 283 Å². The highest BCUT2D eigenvalue weighted by Crippen LogP contribution is 2.73. The standard InChI is InChI=1S/C54H72N2O2.C53H66N2O4/c1-36(2)8-7-9-37(3)48-25-26-49-47-24-16-43-33-54(31-30-52(43,5)50(47)28-29-53(48,49)6,41-14-22-46(23-15-41)57-34-39-10-18-44(55)19-11-39)42-17-27-51(38(4)32-42)58-35-40-12-20-45(56)21-13-40;1-34(2)7-6-8-35(3)46-27-28-47-45-26-17-40-33-53(32-31-51(40,4)48(45)29-30-52(46,47)5,38-13-22-43(23-14-38)58-49(56)36-9-18-41(54)19-10-36)39-15-24-44(25-16-39)59-50(57)37-11-20-42(55)21-12-37/h10-15,17-23,27,32,36-37,43,47-50H,7-9,16,24-26,28-31,33-35,55-56H2,1-6H3;9-16,18-25,34-35,40,45-48H,6-8,17,26-33,54-55H2,1-5H3. The minimum atomic E-state index is -0.403. The molecule has 8 saturated carbocycles. The van der Waals surface area contributed by atoms with Gasteiger partial charge in [-0.15, -0.1) is 0 Å². The van der Waals surface area contributed by atoms with Crippen LogP contribution in [0.2, 0.25) is 0 Å². The van der Waals surface area contributed by atoms with Gasteiger partial charge in [0.25, 0.3) is 0 Å². The topological polar surface area (TPSA) is 175 Å². The van der Waals surface area contributed by atoms with Gasteiger partial charge in [-0.1, -0.05) is 181 Å². The number of aryl methyl sites for hydroxylation is 1. The molecule has 622 valence electrons. The monoisotopic (exact) mass is 1580 g/mol. The van der Waals surface area contributed by atoms with Crippen molar-refractivity contribution in [2.24, 2.45) is 105 Å². The molecular weight excluding hydrogens is 1440 g/mol. The van der Waals surface area contributed by atoms with Crippen LogP contribution in [-0.2, 0) is 24.0 Å². The van der Waals surface area contributed by atoms with Crippen LogP contribution in [-0.4, -0.2) is 11.9 Å². The maximum Gasteiger partial charge on any atom is 0.343 e. The second-order valence-corrected chi connectivity index (χ2v) is 40.6. The summed E-state index contributed by atoms with van der Waals surface area (Å²) in [5, 5.41) is 0. The van der Waals surface area contributed by atoms with E-state index in [4.69, 9.17) is 41.9 Å². The third-order valence-electron chi connectivity index (χ3n) is 33.3. The smallest absolute Gasteiger partial charge is 0.343 e. The fraction of sp³-hybridized carbons (Fsp3) is 0.533. The molecule has 0 aliphatic heterocycles. The van der Waals surface area contributed by atoms with Crippen LogP contribution < -0.4 is 41.9 Å². The van der Waals surface area contributed by atoms with E-state index in [1.54, 1.807) is 48.5 Å². The summed E-state index contributed by atoms with van der Waals surface area (Å²) in [5.74, 6) is 13.6. The summed E-state index contributed by atoms with van der Waals surface area (Å²) in [6.07, 6.45) is 32.1. The molecule has 8 N–H and O–H groups in total. The number of nitrogens with two attached hydrogens (primary N) is 4. The second-order valence-electron chi connectivity index (χ2n) is 40.6. The number of hydrogen-bond donors (Lipinski definition) is 4. The van der Waals surface area contributed by atoms with Gasteiger partial charge in [0, 0.05) is 33.6 Å². The predicted molar refractivity (Wildman–Crippen MR) is 480 cm³/mol. The van der Waals surface area contributed by atoms with Crippen LogP contribution in [0.5, 0.6) is 23.0 Å². The lowest BCUT2D eigenvalue weighted by Gasteiger charge is -2.63. The zero-order valence-electron chi connectivity index (χ0n) is 72.6. The molecule has 17 atom stereocenters. The lowest BCUT2D eigenvalue weighted by atomic mass is 9.42. The fourth-order valence-corrected chi connectivity index (χ4v) is 26.8. The molecule has 0 saturated heterocycles. The van der Waals surface area contributed by atoms with Crippen molar-refractivity contribution in [3.63, 3.8) is 0 Å². The lowest BCUT2D eigenvalue weighted by Crippen LogP contribution is -2.55. The van der Waals surface area contributed by atoms with Gasteiger partial charge < -0.3 is 41.9 Å². The van der Waals surface area contributed by atoms with Crippen molar-refractivity contribution in [2.75, 3.05) is 22.9 Å². The first-order valence-corrected chi connectivity index (χ1v) is 45.7. The van der Waals surface area contributed by atoms with Crippen LogP contribution in [0.15, 0.2) is 188 Å². The first-order chi connectivity index (χ1) is 56.2. The number of esters is 2. The third kappa shape index (κ3) is 17.1. The average Bonchev–Trinajstić information content (AvgIpc) is 1.70. The normalized spacial score (nSPS) is 29.9. The van der Waals surface area contributed by atoms with Crippen LogP contribution in [0.3, 0.4) is 0 Å². The zero-order valence-corrected chi connectivity index (χ0v) is 72.6. The minimum absolute atomic E-state index is 0.0558. The molecule has 0 heterocycles. The van der Waals surface area contributed by atoms with Crippen molar-refractivity contribution in [2.45, 2.75) is 254 Å². The minimum Gasteiger partial charge on any atom is -0.489 e. The highest BCUT2D eigenvalue weighted by atomic mass is 16.5. The Morgan fingerprint density at radius 3 is 1.12 bits per heavy atom. The molecule has 8 aromatic rings. The zero-order chi connectivity index (χ0) is 82.2. The predicted octanol–water partition coefficient (Wildman–Crippen LogP) is 26.4. The Hall–Kier alpha value is -8.50. The van der Waals surface area contributed by atoms with Crippen molar-refractivity contribution in [3.8, 4) is 23.0 Å². The van der Waals surface area contributed by atoms with E-state index in [1.807, 2.05) is 60.7 Å². The van der Waals surface area contributed by atoms with Crippen LogP contribution in [0, 0.1) is 111 Å². The van der Waals surface area contributed by atoms with E-state index in [9.17, 15) is 9.59 Å². The molecule has 10 nitrogen and oxygen atoms in total. The Morgan fingerprint density at radius 1 is 0.368 bits per heavy atom. The van der Waals surface area contributed by atoms with Gasteiger partial charge in [0.1, 0.15) is 36.2 Å². The number of carbonyl (C=O) groups excluding carboxylic acids is 2. The second kappa shape index (κ2) is 34.7. The molecule has 10 heteroatoms. The van der Waals surface area contributed by atoms with Crippen LogP contribution >= 0.6 is 0 Å². The highest BCUT2D eigenvalue weighted by Gasteiger charge is 2.64. The maximum absolute atomic E-state index is 13.0. The molecular formula is C107H138N4O6. The van der Waals surface area contributed by atoms with Crippen molar-refractivity contribution in [1.82, 2.24) is 0 Å². The van der Waals surface area contributed by atoms with Gasteiger partial charge in [-0.3, -0.25) is 0 Å². The molecule has 17 unspecified atom stereocenters. The van der Waals surface area contributed by atoms with E-state index in [0.29, 0.717) is 80.7 Å². The summed E-state index contributed by atoms with van der Waals surface area (Å²) in [6, 6.07) is 62.3. The molecule has 0 radical (unpaired) electrons. The molecule has 8 aromatic carbocycles. The van der Waals surface area contributed by atoms with Crippen molar-refractivity contribution >= 4 is 34.7 Å². The van der Waals surface area contributed by atoms with Crippen LogP contribution in [0.4, 0.5) is 22.7 Å². The van der Waals surface area contributed by atoms with Crippen LogP contribution in [0.25, 0.3) is 0 Å². The van der Waals surface area contributed by atoms with Crippen molar-refractivity contribution in [3.05, 3.63) is 238 Å². The molecule has 0 bridgehead atoms. The van der Waals surface area contributed by atoms with E-state index >= 15 is 0 Å². The lowest BCUT2D eigenvalue weighted by molar-refractivity contribution is -0.122. The molecule has 0 aromatic heterocycles. The quantitative estimate of drug-likeness (QED) is 0.0259. The summed E-state index contributed by atoms with van der Waals surface area (Å²) in [6.45, 7) is 28.9.